The minimum absolute atomic E-state index is 0.0347. The molecule has 2 heteroatoms. The summed E-state index contributed by atoms with van der Waals surface area (Å²) < 4.78 is 5.32. The van der Waals surface area contributed by atoms with Gasteiger partial charge >= 0.3 is 5.97 Å². The first-order valence-corrected chi connectivity index (χ1v) is 6.34. The second-order valence-electron chi connectivity index (χ2n) is 5.10. The molecule has 1 aliphatic rings. The Hall–Kier alpha value is -1.31. The number of ether oxygens (including phenoxy) is 1. The summed E-state index contributed by atoms with van der Waals surface area (Å²) in [4.78, 5) is 11.1. The smallest absolute Gasteiger partial charge is 0.302 e. The highest BCUT2D eigenvalue weighted by molar-refractivity contribution is 5.66. The topological polar surface area (TPSA) is 26.3 Å². The van der Waals surface area contributed by atoms with E-state index in [0.29, 0.717) is 12.5 Å². The second kappa shape index (κ2) is 4.91. The molecule has 17 heavy (non-hydrogen) atoms. The summed E-state index contributed by atoms with van der Waals surface area (Å²) >= 11 is 0. The number of carbonyl (C=O) groups is 1. The second-order valence-corrected chi connectivity index (χ2v) is 5.10. The van der Waals surface area contributed by atoms with E-state index in [1.54, 1.807) is 0 Å². The van der Waals surface area contributed by atoms with Crippen LogP contribution in [0.5, 0.6) is 0 Å². The van der Waals surface area contributed by atoms with Crippen molar-refractivity contribution in [2.75, 3.05) is 6.61 Å². The first-order chi connectivity index (χ1) is 8.15. The van der Waals surface area contributed by atoms with Crippen LogP contribution in [0, 0.1) is 5.92 Å². The summed E-state index contributed by atoms with van der Waals surface area (Å²) in [5.41, 5.74) is 1.35. The maximum absolute atomic E-state index is 11.1. The molecule has 0 saturated heterocycles. The van der Waals surface area contributed by atoms with Gasteiger partial charge in [-0.3, -0.25) is 4.79 Å². The molecule has 1 fully saturated rings. The van der Waals surface area contributed by atoms with Crippen LogP contribution in [0.15, 0.2) is 30.3 Å². The van der Waals surface area contributed by atoms with Crippen LogP contribution in [0.25, 0.3) is 0 Å². The van der Waals surface area contributed by atoms with E-state index in [1.807, 2.05) is 6.07 Å². The lowest BCUT2D eigenvalue weighted by Gasteiger charge is -2.33. The summed E-state index contributed by atoms with van der Waals surface area (Å²) in [5, 5.41) is 0. The van der Waals surface area contributed by atoms with E-state index in [0.717, 1.165) is 6.42 Å². The van der Waals surface area contributed by atoms with E-state index < -0.39 is 0 Å². The molecule has 2 rings (SSSR count). The lowest BCUT2D eigenvalue weighted by atomic mass is 9.73. The Morgan fingerprint density at radius 3 is 2.65 bits per heavy atom. The molecule has 1 aromatic rings. The van der Waals surface area contributed by atoms with Crippen molar-refractivity contribution in [2.24, 2.45) is 5.92 Å². The number of hydrogen-bond donors (Lipinski definition) is 0. The van der Waals surface area contributed by atoms with E-state index in [9.17, 15) is 4.79 Å². The third-order valence-electron chi connectivity index (χ3n) is 4.09. The van der Waals surface area contributed by atoms with Gasteiger partial charge < -0.3 is 4.74 Å². The molecule has 0 spiro atoms. The molecule has 0 bridgehead atoms. The Labute approximate surface area is 103 Å². The summed E-state index contributed by atoms with van der Waals surface area (Å²) in [6.45, 7) is 4.27. The first-order valence-electron chi connectivity index (χ1n) is 6.34. The van der Waals surface area contributed by atoms with Crippen LogP contribution < -0.4 is 0 Å². The van der Waals surface area contributed by atoms with Crippen molar-refractivity contribution >= 4 is 5.97 Å². The quantitative estimate of drug-likeness (QED) is 0.747. The fourth-order valence-corrected chi connectivity index (χ4v) is 2.97. The standard InChI is InChI=1S/C15H20O2/c1-12-7-6-10-15(12,11-17-13(2)16)14-8-4-3-5-9-14/h3-5,8-9,12H,6-7,10-11H2,1-2H3/t12-,15-/m0/s1. The molecule has 0 N–H and O–H groups in total. The highest BCUT2D eigenvalue weighted by atomic mass is 16.5. The minimum atomic E-state index is -0.181. The molecule has 0 aliphatic heterocycles. The Kier molecular flexibility index (Phi) is 3.51. The molecule has 0 unspecified atom stereocenters. The van der Waals surface area contributed by atoms with Crippen molar-refractivity contribution in [2.45, 2.75) is 38.5 Å². The Morgan fingerprint density at radius 1 is 1.41 bits per heavy atom. The van der Waals surface area contributed by atoms with Crippen LogP contribution in [0.4, 0.5) is 0 Å². The zero-order valence-corrected chi connectivity index (χ0v) is 10.6. The summed E-state index contributed by atoms with van der Waals surface area (Å²) in [7, 11) is 0. The number of rotatable bonds is 3. The minimum Gasteiger partial charge on any atom is -0.465 e. The van der Waals surface area contributed by atoms with Gasteiger partial charge in [0.15, 0.2) is 0 Å². The van der Waals surface area contributed by atoms with Crippen LogP contribution in [-0.2, 0) is 14.9 Å². The van der Waals surface area contributed by atoms with Crippen LogP contribution in [0.3, 0.4) is 0 Å². The first kappa shape index (κ1) is 12.2. The highest BCUT2D eigenvalue weighted by Crippen LogP contribution is 2.45. The van der Waals surface area contributed by atoms with Gasteiger partial charge in [0.2, 0.25) is 0 Å². The summed E-state index contributed by atoms with van der Waals surface area (Å²) in [6, 6.07) is 10.5. The molecule has 0 aromatic heterocycles. The molecule has 0 heterocycles. The van der Waals surface area contributed by atoms with Crippen molar-refractivity contribution < 1.29 is 9.53 Å². The van der Waals surface area contributed by atoms with Gasteiger partial charge in [0.1, 0.15) is 6.61 Å². The molecule has 0 radical (unpaired) electrons. The average molecular weight is 232 g/mol. The van der Waals surface area contributed by atoms with Crippen LogP contribution in [-0.4, -0.2) is 12.6 Å². The van der Waals surface area contributed by atoms with Gasteiger partial charge in [-0.2, -0.15) is 0 Å². The van der Waals surface area contributed by atoms with E-state index in [-0.39, 0.29) is 11.4 Å². The van der Waals surface area contributed by atoms with E-state index in [1.165, 1.54) is 25.3 Å². The Morgan fingerprint density at radius 2 is 2.12 bits per heavy atom. The molecule has 0 amide bonds. The van der Waals surface area contributed by atoms with Gasteiger partial charge in [-0.25, -0.2) is 0 Å². The van der Waals surface area contributed by atoms with Crippen LogP contribution in [0.2, 0.25) is 0 Å². The number of esters is 1. The predicted molar refractivity (Wildman–Crippen MR) is 67.8 cm³/mol. The van der Waals surface area contributed by atoms with Crippen molar-refractivity contribution in [3.05, 3.63) is 35.9 Å². The maximum Gasteiger partial charge on any atom is 0.302 e. The molecule has 1 aliphatic carbocycles. The van der Waals surface area contributed by atoms with Crippen molar-refractivity contribution in [1.82, 2.24) is 0 Å². The fourth-order valence-electron chi connectivity index (χ4n) is 2.97. The van der Waals surface area contributed by atoms with Gasteiger partial charge in [-0.1, -0.05) is 43.7 Å². The van der Waals surface area contributed by atoms with Gasteiger partial charge in [0, 0.05) is 12.3 Å². The molecule has 92 valence electrons. The van der Waals surface area contributed by atoms with E-state index in [4.69, 9.17) is 4.74 Å². The van der Waals surface area contributed by atoms with E-state index >= 15 is 0 Å². The number of benzene rings is 1. The van der Waals surface area contributed by atoms with Gasteiger partial charge in [-0.15, -0.1) is 0 Å². The normalized spacial score (nSPS) is 28.0. The van der Waals surface area contributed by atoms with Crippen molar-refractivity contribution in [3.8, 4) is 0 Å². The number of hydrogen-bond acceptors (Lipinski definition) is 2. The molecular formula is C15H20O2. The zero-order valence-electron chi connectivity index (χ0n) is 10.6. The van der Waals surface area contributed by atoms with Crippen molar-refractivity contribution in [1.29, 1.82) is 0 Å². The van der Waals surface area contributed by atoms with Crippen molar-refractivity contribution in [3.63, 3.8) is 0 Å². The third-order valence-corrected chi connectivity index (χ3v) is 4.09. The average Bonchev–Trinajstić information content (AvgIpc) is 2.70. The summed E-state index contributed by atoms with van der Waals surface area (Å²) in [6.07, 6.45) is 3.55. The van der Waals surface area contributed by atoms with Crippen LogP contribution >= 0.6 is 0 Å². The zero-order chi connectivity index (χ0) is 12.3. The van der Waals surface area contributed by atoms with Gasteiger partial charge in [-0.05, 0) is 24.3 Å². The lowest BCUT2D eigenvalue weighted by Crippen LogP contribution is -2.35. The lowest BCUT2D eigenvalue weighted by molar-refractivity contribution is -0.143. The van der Waals surface area contributed by atoms with E-state index in [2.05, 4.69) is 31.2 Å². The third kappa shape index (κ3) is 2.36. The Balaban J connectivity index is 2.27. The predicted octanol–water partition coefficient (Wildman–Crippen LogP) is 3.31. The largest absolute Gasteiger partial charge is 0.465 e. The highest BCUT2D eigenvalue weighted by Gasteiger charge is 2.42. The molecule has 2 nitrogen and oxygen atoms in total. The number of carbonyl (C=O) groups excluding carboxylic acids is 1. The molecular weight excluding hydrogens is 212 g/mol. The SMILES string of the molecule is CC(=O)OC[C@@]1(c2ccccc2)CCC[C@@H]1C. The molecule has 1 aromatic carbocycles. The Bertz CT molecular complexity index is 385. The monoisotopic (exact) mass is 232 g/mol. The maximum atomic E-state index is 11.1. The molecule has 2 atom stereocenters. The van der Waals surface area contributed by atoms with Gasteiger partial charge in [0.05, 0.1) is 0 Å². The fraction of sp³-hybridized carbons (Fsp3) is 0.533. The van der Waals surface area contributed by atoms with Crippen LogP contribution in [0.1, 0.15) is 38.7 Å². The molecule has 1 saturated carbocycles. The summed E-state index contributed by atoms with van der Waals surface area (Å²) in [5.74, 6) is 0.392. The van der Waals surface area contributed by atoms with Gasteiger partial charge in [0.25, 0.3) is 0 Å².